The summed E-state index contributed by atoms with van der Waals surface area (Å²) in [6.07, 6.45) is 7.26. The number of nitrogens with zero attached hydrogens (tertiary/aromatic N) is 1. The number of benzene rings is 1. The Morgan fingerprint density at radius 1 is 1.13 bits per heavy atom. The number of hydrogen-bond acceptors (Lipinski definition) is 5. The van der Waals surface area contributed by atoms with Crippen LogP contribution in [0, 0.1) is 5.92 Å². The number of rotatable bonds is 8. The van der Waals surface area contributed by atoms with Crippen molar-refractivity contribution in [3.63, 3.8) is 0 Å². The van der Waals surface area contributed by atoms with Crippen molar-refractivity contribution in [3.8, 4) is 11.5 Å². The first-order chi connectivity index (χ1) is 14.4. The summed E-state index contributed by atoms with van der Waals surface area (Å²) in [5.74, 6) is 0.0254. The fourth-order valence-corrected chi connectivity index (χ4v) is 4.51. The minimum atomic E-state index is -0.744. The molecule has 166 valence electrons. The van der Waals surface area contributed by atoms with E-state index in [1.54, 1.807) is 25.3 Å². The van der Waals surface area contributed by atoms with E-state index >= 15 is 0 Å². The van der Waals surface area contributed by atoms with Gasteiger partial charge in [0.15, 0.2) is 0 Å². The molecule has 1 heterocycles. The lowest BCUT2D eigenvalue weighted by Gasteiger charge is -2.36. The molecule has 1 saturated heterocycles. The average Bonchev–Trinajstić information content (AvgIpc) is 3.27. The highest BCUT2D eigenvalue weighted by Crippen LogP contribution is 2.30. The molecule has 3 rings (SSSR count). The zero-order valence-electron chi connectivity index (χ0n) is 18.4. The van der Waals surface area contributed by atoms with E-state index < -0.39 is 11.9 Å². The van der Waals surface area contributed by atoms with Crippen LogP contribution in [0.4, 0.5) is 0 Å². The van der Waals surface area contributed by atoms with Gasteiger partial charge in [-0.15, -0.1) is 0 Å². The first-order valence-electron chi connectivity index (χ1n) is 11.1. The monoisotopic (exact) mass is 417 g/mol. The van der Waals surface area contributed by atoms with E-state index in [0.717, 1.165) is 32.0 Å². The van der Waals surface area contributed by atoms with Crippen LogP contribution >= 0.6 is 0 Å². The lowest BCUT2D eigenvalue weighted by molar-refractivity contribution is -0.120. The van der Waals surface area contributed by atoms with Crippen molar-refractivity contribution in [1.29, 1.82) is 0 Å². The number of nitrogens with one attached hydrogen (secondary N) is 1. The van der Waals surface area contributed by atoms with Crippen LogP contribution in [-0.2, 0) is 4.79 Å². The minimum absolute atomic E-state index is 0.0691. The number of carbonyl (C=O) groups is 2. The molecule has 1 aromatic rings. The lowest BCUT2D eigenvalue weighted by Crippen LogP contribution is -2.47. The summed E-state index contributed by atoms with van der Waals surface area (Å²) in [5.41, 5.74) is 5.82. The summed E-state index contributed by atoms with van der Waals surface area (Å²) < 4.78 is 11.5. The van der Waals surface area contributed by atoms with Gasteiger partial charge in [-0.25, -0.2) is 0 Å². The lowest BCUT2D eigenvalue weighted by atomic mass is 10.0. The number of hydrogen-bond donors (Lipinski definition) is 2. The topological polar surface area (TPSA) is 93.9 Å². The van der Waals surface area contributed by atoms with Crippen LogP contribution in [-0.4, -0.2) is 55.1 Å². The third-order valence-electron chi connectivity index (χ3n) is 6.30. The molecule has 0 spiro atoms. The standard InChI is InChI=1S/C23H35N3O4/c1-15(2)21(22(24)27)25-23(28)19-14-18(29-3)8-9-20(19)30-17-10-12-26(13-11-17)16-6-4-5-7-16/h8-9,14-17,21H,4-7,10-13H2,1-3H3,(H2,24,27)(H,25,28)/t21-/m0/s1. The SMILES string of the molecule is COc1ccc(OC2CCN(C3CCCC3)CC2)c(C(=O)N[C@H](C(N)=O)C(C)C)c1. The first-order valence-corrected chi connectivity index (χ1v) is 11.1. The van der Waals surface area contributed by atoms with Crippen LogP contribution in [0.1, 0.15) is 62.7 Å². The van der Waals surface area contributed by atoms with Gasteiger partial charge in [0.1, 0.15) is 23.6 Å². The summed E-state index contributed by atoms with van der Waals surface area (Å²) in [4.78, 5) is 27.3. The van der Waals surface area contributed by atoms with E-state index in [2.05, 4.69) is 10.2 Å². The van der Waals surface area contributed by atoms with Gasteiger partial charge in [0.2, 0.25) is 5.91 Å². The molecule has 0 radical (unpaired) electrons. The summed E-state index contributed by atoms with van der Waals surface area (Å²) in [7, 11) is 1.55. The molecule has 1 aromatic carbocycles. The third-order valence-corrected chi connectivity index (χ3v) is 6.30. The van der Waals surface area contributed by atoms with Crippen molar-refractivity contribution in [3.05, 3.63) is 23.8 Å². The summed E-state index contributed by atoms with van der Waals surface area (Å²) in [6, 6.07) is 5.19. The van der Waals surface area contributed by atoms with E-state index in [9.17, 15) is 9.59 Å². The van der Waals surface area contributed by atoms with Gasteiger partial charge in [-0.3, -0.25) is 9.59 Å². The van der Waals surface area contributed by atoms with Crippen molar-refractivity contribution in [2.75, 3.05) is 20.2 Å². The van der Waals surface area contributed by atoms with E-state index in [1.807, 2.05) is 13.8 Å². The molecular formula is C23H35N3O4. The normalized spacial score (nSPS) is 19.6. The van der Waals surface area contributed by atoms with Crippen LogP contribution in [0.25, 0.3) is 0 Å². The molecule has 3 N–H and O–H groups in total. The Morgan fingerprint density at radius 2 is 1.80 bits per heavy atom. The summed E-state index contributed by atoms with van der Waals surface area (Å²) in [5, 5.41) is 2.75. The first kappa shape index (κ1) is 22.4. The Bertz CT molecular complexity index is 738. The minimum Gasteiger partial charge on any atom is -0.497 e. The van der Waals surface area contributed by atoms with E-state index in [0.29, 0.717) is 17.1 Å². The molecule has 0 aromatic heterocycles. The second kappa shape index (κ2) is 10.2. The maximum atomic E-state index is 13.0. The number of likely N-dealkylation sites (tertiary alicyclic amines) is 1. The quantitative estimate of drug-likeness (QED) is 0.678. The maximum Gasteiger partial charge on any atom is 0.255 e. The van der Waals surface area contributed by atoms with E-state index in [-0.39, 0.29) is 17.9 Å². The smallest absolute Gasteiger partial charge is 0.255 e. The predicted octanol–water partition coefficient (Wildman–Crippen LogP) is 2.72. The van der Waals surface area contributed by atoms with E-state index in [1.165, 1.54) is 25.7 Å². The molecule has 7 heteroatoms. The molecule has 2 fully saturated rings. The number of ether oxygens (including phenoxy) is 2. The Labute approximate surface area is 179 Å². The zero-order valence-corrected chi connectivity index (χ0v) is 18.4. The molecule has 1 aliphatic heterocycles. The predicted molar refractivity (Wildman–Crippen MR) is 116 cm³/mol. The van der Waals surface area contributed by atoms with Crippen LogP contribution in [0.15, 0.2) is 18.2 Å². The molecule has 1 aliphatic carbocycles. The van der Waals surface area contributed by atoms with Gasteiger partial charge in [0, 0.05) is 19.1 Å². The van der Waals surface area contributed by atoms with Crippen LogP contribution in [0.5, 0.6) is 11.5 Å². The largest absolute Gasteiger partial charge is 0.497 e. The Morgan fingerprint density at radius 3 is 2.37 bits per heavy atom. The Balaban J connectivity index is 1.69. The van der Waals surface area contributed by atoms with Crippen LogP contribution in [0.2, 0.25) is 0 Å². The van der Waals surface area contributed by atoms with E-state index in [4.69, 9.17) is 15.2 Å². The Hall–Kier alpha value is -2.28. The van der Waals surface area contributed by atoms with Crippen molar-refractivity contribution >= 4 is 11.8 Å². The molecule has 1 saturated carbocycles. The molecular weight excluding hydrogens is 382 g/mol. The third kappa shape index (κ3) is 5.45. The highest BCUT2D eigenvalue weighted by atomic mass is 16.5. The number of carbonyl (C=O) groups excluding carboxylic acids is 2. The van der Waals surface area contributed by atoms with Gasteiger partial charge in [0.05, 0.1) is 12.7 Å². The van der Waals surface area contributed by atoms with Crippen LogP contribution < -0.4 is 20.5 Å². The average molecular weight is 418 g/mol. The number of nitrogens with two attached hydrogens (primary N) is 1. The van der Waals surface area contributed by atoms with Gasteiger partial charge < -0.3 is 25.4 Å². The van der Waals surface area contributed by atoms with Gasteiger partial charge in [-0.1, -0.05) is 26.7 Å². The molecule has 30 heavy (non-hydrogen) atoms. The van der Waals surface area contributed by atoms with Crippen molar-refractivity contribution in [1.82, 2.24) is 10.2 Å². The van der Waals surface area contributed by atoms with Gasteiger partial charge >= 0.3 is 0 Å². The second-order valence-electron chi connectivity index (χ2n) is 8.75. The number of primary amides is 1. The summed E-state index contributed by atoms with van der Waals surface area (Å²) in [6.45, 7) is 5.75. The van der Waals surface area contributed by atoms with Crippen molar-refractivity contribution < 1.29 is 19.1 Å². The van der Waals surface area contributed by atoms with Gasteiger partial charge in [-0.05, 0) is 49.8 Å². The molecule has 2 amide bonds. The van der Waals surface area contributed by atoms with Crippen LogP contribution in [0.3, 0.4) is 0 Å². The number of methoxy groups -OCH3 is 1. The Kier molecular flexibility index (Phi) is 7.58. The second-order valence-corrected chi connectivity index (χ2v) is 8.75. The highest BCUT2D eigenvalue weighted by molar-refractivity contribution is 5.99. The fraction of sp³-hybridized carbons (Fsp3) is 0.652. The highest BCUT2D eigenvalue weighted by Gasteiger charge is 2.29. The molecule has 0 unspecified atom stereocenters. The van der Waals surface area contributed by atoms with Crippen molar-refractivity contribution in [2.45, 2.75) is 70.6 Å². The molecule has 0 bridgehead atoms. The van der Waals surface area contributed by atoms with Gasteiger partial charge in [-0.2, -0.15) is 0 Å². The summed E-state index contributed by atoms with van der Waals surface area (Å²) >= 11 is 0. The molecule has 1 atom stereocenters. The number of amides is 2. The molecule has 7 nitrogen and oxygen atoms in total. The zero-order chi connectivity index (χ0) is 21.7. The van der Waals surface area contributed by atoms with Gasteiger partial charge in [0.25, 0.3) is 5.91 Å². The molecule has 2 aliphatic rings. The van der Waals surface area contributed by atoms with Crippen molar-refractivity contribution in [2.24, 2.45) is 11.7 Å². The fourth-order valence-electron chi connectivity index (χ4n) is 4.51. The maximum absolute atomic E-state index is 13.0. The number of piperidine rings is 1.